The Morgan fingerprint density at radius 1 is 1.00 bits per heavy atom. The molecule has 1 aromatic carbocycles. The summed E-state index contributed by atoms with van der Waals surface area (Å²) in [6, 6.07) is 2.27. The Morgan fingerprint density at radius 3 is 1.75 bits per heavy atom. The first-order chi connectivity index (χ1) is 5.57. The van der Waals surface area contributed by atoms with Gasteiger partial charge < -0.3 is 0 Å². The molecule has 0 saturated carbocycles. The van der Waals surface area contributed by atoms with Gasteiger partial charge in [-0.1, -0.05) is 0 Å². The fraction of sp³-hybridized carbons (Fsp3) is 0.455. The Balaban J connectivity index is 3.42. The van der Waals surface area contributed by atoms with E-state index in [1.807, 2.05) is 0 Å². The third-order valence-electron chi connectivity index (χ3n) is 2.67. The monoisotopic (exact) mass is 227 g/mol. The third kappa shape index (κ3) is 1.57. The number of hydrogen-bond donors (Lipinski definition) is 0. The summed E-state index contributed by atoms with van der Waals surface area (Å²) in [5.74, 6) is 0. The van der Waals surface area contributed by atoms with E-state index < -0.39 is 0 Å². The van der Waals surface area contributed by atoms with Gasteiger partial charge in [0, 0.05) is 0 Å². The molecule has 12 heavy (non-hydrogen) atoms. The van der Waals surface area contributed by atoms with E-state index in [0.717, 1.165) is 5.32 Å². The predicted octanol–water partition coefficient (Wildman–Crippen LogP) is 2.59. The van der Waals surface area contributed by atoms with Gasteiger partial charge in [-0.3, -0.25) is 0 Å². The van der Waals surface area contributed by atoms with Gasteiger partial charge in [-0.15, -0.1) is 0 Å². The number of benzene rings is 1. The fourth-order valence-electron chi connectivity index (χ4n) is 1.52. The molecule has 0 amide bonds. The summed E-state index contributed by atoms with van der Waals surface area (Å²) < 4.78 is 0. The maximum absolute atomic E-state index is 3.10. The van der Waals surface area contributed by atoms with Gasteiger partial charge in [0.25, 0.3) is 0 Å². The summed E-state index contributed by atoms with van der Waals surface area (Å²) in [5.41, 5.74) is 7.17. The Kier molecular flexibility index (Phi) is 2.98. The summed E-state index contributed by atoms with van der Waals surface area (Å²) in [6.45, 7) is 8.77. The van der Waals surface area contributed by atoms with Crippen LogP contribution in [-0.4, -0.2) is 16.0 Å². The molecule has 1 rings (SSSR count). The zero-order chi connectivity index (χ0) is 9.30. The van der Waals surface area contributed by atoms with E-state index in [1.165, 1.54) is 27.8 Å². The topological polar surface area (TPSA) is 0 Å². The first kappa shape index (κ1) is 9.82. The Bertz CT molecular complexity index is 274. The van der Waals surface area contributed by atoms with Crippen LogP contribution in [0.25, 0.3) is 0 Å². The molecule has 0 bridgehead atoms. The quantitative estimate of drug-likeness (QED) is 0.646. The van der Waals surface area contributed by atoms with Crippen LogP contribution in [0.5, 0.6) is 0 Å². The molecule has 0 nitrogen and oxygen atoms in total. The maximum atomic E-state index is 3.10. The molecule has 65 valence electrons. The second-order valence-corrected chi connectivity index (χ2v) is 3.99. The van der Waals surface area contributed by atoms with Crippen molar-refractivity contribution >= 4 is 16.0 Å². The molecule has 1 radical (unpaired) electrons. The van der Waals surface area contributed by atoms with Crippen molar-refractivity contribution in [3.05, 3.63) is 33.9 Å². The third-order valence-corrected chi connectivity index (χ3v) is 3.27. The van der Waals surface area contributed by atoms with Gasteiger partial charge in [0.1, 0.15) is 0 Å². The van der Waals surface area contributed by atoms with Crippen LogP contribution < -0.4 is 0 Å². The molecular weight excluding hydrogens is 211 g/mol. The zero-order valence-electron chi connectivity index (χ0n) is 8.19. The number of aryl methyl sites for hydroxylation is 2. The van der Waals surface area contributed by atoms with Crippen molar-refractivity contribution in [3.8, 4) is 0 Å². The van der Waals surface area contributed by atoms with Crippen LogP contribution in [0.15, 0.2) is 6.07 Å². The Morgan fingerprint density at radius 2 is 1.42 bits per heavy atom. The van der Waals surface area contributed by atoms with Gasteiger partial charge in [0.15, 0.2) is 0 Å². The molecule has 0 saturated heterocycles. The van der Waals surface area contributed by atoms with Crippen molar-refractivity contribution < 1.29 is 0 Å². The molecule has 0 aliphatic carbocycles. The molecule has 0 atom stereocenters. The molecule has 0 aliphatic rings. The van der Waals surface area contributed by atoms with Crippen molar-refractivity contribution in [3.63, 3.8) is 0 Å². The molecule has 1 aromatic rings. The van der Waals surface area contributed by atoms with Gasteiger partial charge in [0.05, 0.1) is 0 Å². The average molecular weight is 226 g/mol. The van der Waals surface area contributed by atoms with Crippen LogP contribution in [0.2, 0.25) is 0 Å². The van der Waals surface area contributed by atoms with E-state index in [0.29, 0.717) is 0 Å². The molecular formula is C11H15Se. The van der Waals surface area contributed by atoms with Crippen molar-refractivity contribution in [2.75, 3.05) is 0 Å². The molecule has 0 N–H and O–H groups in total. The van der Waals surface area contributed by atoms with Crippen molar-refractivity contribution in [2.24, 2.45) is 0 Å². The average Bonchev–Trinajstić information content (AvgIpc) is 2.02. The van der Waals surface area contributed by atoms with Crippen LogP contribution in [0.1, 0.15) is 27.8 Å². The molecule has 0 heterocycles. The Hall–Kier alpha value is -0.261. The second kappa shape index (κ2) is 3.64. The van der Waals surface area contributed by atoms with Crippen molar-refractivity contribution in [1.29, 1.82) is 0 Å². The number of hydrogen-bond acceptors (Lipinski definition) is 0. The predicted molar refractivity (Wildman–Crippen MR) is 54.8 cm³/mol. The molecule has 0 unspecified atom stereocenters. The van der Waals surface area contributed by atoms with Crippen LogP contribution in [-0.2, 0) is 5.32 Å². The summed E-state index contributed by atoms with van der Waals surface area (Å²) in [5, 5.41) is 1.03. The normalized spacial score (nSPS) is 10.4. The molecule has 0 spiro atoms. The standard InChI is InChI=1S/C11H15Se/c1-7-5-8(2)10(4)11(6-12)9(7)3/h5H,6H2,1-4H3. The zero-order valence-corrected chi connectivity index (χ0v) is 9.91. The van der Waals surface area contributed by atoms with Crippen molar-refractivity contribution in [1.82, 2.24) is 0 Å². The van der Waals surface area contributed by atoms with Gasteiger partial charge in [-0.05, 0) is 0 Å². The summed E-state index contributed by atoms with van der Waals surface area (Å²) >= 11 is 3.10. The van der Waals surface area contributed by atoms with Crippen LogP contribution >= 0.6 is 0 Å². The van der Waals surface area contributed by atoms with E-state index in [9.17, 15) is 0 Å². The minimum atomic E-state index is 1.03. The van der Waals surface area contributed by atoms with Crippen molar-refractivity contribution in [2.45, 2.75) is 33.0 Å². The first-order valence-corrected chi connectivity index (χ1v) is 5.43. The molecule has 0 fully saturated rings. The van der Waals surface area contributed by atoms with E-state index in [-0.39, 0.29) is 0 Å². The SMILES string of the molecule is Cc1cc(C)c(C)c(C[Se])c1C. The number of rotatable bonds is 1. The van der Waals surface area contributed by atoms with Gasteiger partial charge in [-0.2, -0.15) is 0 Å². The van der Waals surface area contributed by atoms with E-state index in [2.05, 4.69) is 49.8 Å². The summed E-state index contributed by atoms with van der Waals surface area (Å²) in [4.78, 5) is 0. The Labute approximate surface area is 83.2 Å². The van der Waals surface area contributed by atoms with Crippen LogP contribution in [0.4, 0.5) is 0 Å². The van der Waals surface area contributed by atoms with Crippen LogP contribution in [0.3, 0.4) is 0 Å². The van der Waals surface area contributed by atoms with Gasteiger partial charge >= 0.3 is 82.9 Å². The van der Waals surface area contributed by atoms with E-state index >= 15 is 0 Å². The van der Waals surface area contributed by atoms with Gasteiger partial charge in [0.2, 0.25) is 0 Å². The molecule has 0 aliphatic heterocycles. The van der Waals surface area contributed by atoms with Crippen LogP contribution in [0, 0.1) is 27.7 Å². The summed E-state index contributed by atoms with van der Waals surface area (Å²) in [6.07, 6.45) is 0. The minimum absolute atomic E-state index is 1.03. The van der Waals surface area contributed by atoms with E-state index in [1.54, 1.807) is 0 Å². The fourth-order valence-corrected chi connectivity index (χ4v) is 2.42. The second-order valence-electron chi connectivity index (χ2n) is 3.38. The molecule has 1 heteroatoms. The summed E-state index contributed by atoms with van der Waals surface area (Å²) in [7, 11) is 0. The molecule has 0 aromatic heterocycles. The van der Waals surface area contributed by atoms with E-state index in [4.69, 9.17) is 0 Å². The first-order valence-electron chi connectivity index (χ1n) is 4.22. The van der Waals surface area contributed by atoms with Gasteiger partial charge in [-0.25, -0.2) is 0 Å².